The molecule has 1 heterocycles. The normalized spacial score (nSPS) is 11.9. The fourth-order valence-electron chi connectivity index (χ4n) is 3.33. The Hall–Kier alpha value is -3.12. The molecule has 0 fully saturated rings. The van der Waals surface area contributed by atoms with Gasteiger partial charge in [-0.25, -0.2) is 0 Å². The molecule has 0 aliphatic heterocycles. The monoisotopic (exact) mass is 509 g/mol. The highest BCUT2D eigenvalue weighted by atomic mass is 32.1. The molecular formula is C27H31N3O3S2. The van der Waals surface area contributed by atoms with Crippen LogP contribution in [0.2, 0.25) is 0 Å². The maximum absolute atomic E-state index is 9.32. The van der Waals surface area contributed by atoms with Crippen molar-refractivity contribution in [2.75, 3.05) is 44.2 Å². The average molecular weight is 510 g/mol. The Morgan fingerprint density at radius 3 is 2.46 bits per heavy atom. The van der Waals surface area contributed by atoms with Crippen LogP contribution >= 0.6 is 23.6 Å². The van der Waals surface area contributed by atoms with E-state index in [0.29, 0.717) is 17.5 Å². The van der Waals surface area contributed by atoms with Gasteiger partial charge in [0.25, 0.3) is 5.17 Å². The van der Waals surface area contributed by atoms with E-state index in [1.807, 2.05) is 76.5 Å². The van der Waals surface area contributed by atoms with E-state index in [4.69, 9.17) is 26.4 Å². The number of thiocarbonyl (C=S) groups is 1. The van der Waals surface area contributed by atoms with Gasteiger partial charge >= 0.3 is 0 Å². The van der Waals surface area contributed by atoms with Crippen LogP contribution in [0.1, 0.15) is 19.4 Å². The summed E-state index contributed by atoms with van der Waals surface area (Å²) < 4.78 is 17.5. The minimum atomic E-state index is -0.558. The van der Waals surface area contributed by atoms with Crippen molar-refractivity contribution in [1.29, 1.82) is 5.26 Å². The van der Waals surface area contributed by atoms with Crippen LogP contribution in [-0.2, 0) is 10.2 Å². The highest BCUT2D eigenvalue weighted by Gasteiger charge is 2.20. The fraction of sp³-hybridized carbons (Fsp3) is 0.333. The van der Waals surface area contributed by atoms with Crippen molar-refractivity contribution in [1.82, 2.24) is 0 Å². The Balaban J connectivity index is 1.58. The molecule has 0 spiro atoms. The first-order chi connectivity index (χ1) is 16.7. The third kappa shape index (κ3) is 7.18. The zero-order chi connectivity index (χ0) is 25.4. The highest BCUT2D eigenvalue weighted by Crippen LogP contribution is 2.26. The molecule has 0 amide bonds. The molecule has 0 bridgehead atoms. The summed E-state index contributed by atoms with van der Waals surface area (Å²) in [4.78, 5) is 3.94. The number of likely N-dealkylation sites (N-methyl/N-ethyl adjacent to an activating group) is 1. The van der Waals surface area contributed by atoms with Crippen LogP contribution in [0.5, 0.6) is 11.5 Å². The van der Waals surface area contributed by atoms with Gasteiger partial charge in [-0.2, -0.15) is 16.6 Å². The molecule has 1 unspecified atom stereocenters. The molecule has 3 aromatic rings. The van der Waals surface area contributed by atoms with E-state index >= 15 is 0 Å². The number of nitriles is 1. The van der Waals surface area contributed by atoms with Gasteiger partial charge in [-0.1, -0.05) is 18.2 Å². The minimum Gasteiger partial charge on any atom is -0.491 e. The van der Waals surface area contributed by atoms with Crippen LogP contribution in [0.4, 0.5) is 11.4 Å². The van der Waals surface area contributed by atoms with Gasteiger partial charge in [0, 0.05) is 50.6 Å². The predicted octanol–water partition coefficient (Wildman–Crippen LogP) is 5.88. The van der Waals surface area contributed by atoms with Gasteiger partial charge in [-0.3, -0.25) is 0 Å². The first-order valence-corrected chi connectivity index (χ1v) is 12.5. The van der Waals surface area contributed by atoms with Crippen molar-refractivity contribution < 1.29 is 14.2 Å². The van der Waals surface area contributed by atoms with E-state index in [0.717, 1.165) is 29.2 Å². The summed E-state index contributed by atoms with van der Waals surface area (Å²) in [6, 6.07) is 19.5. The van der Waals surface area contributed by atoms with Gasteiger partial charge in [0.1, 0.15) is 24.2 Å². The lowest BCUT2D eigenvalue weighted by Crippen LogP contribution is -2.34. The average Bonchev–Trinajstić information content (AvgIpc) is 3.42. The maximum atomic E-state index is 9.32. The topological polar surface area (TPSA) is 58.0 Å². The SMILES string of the molecule is COC(COc1cccc(N(C)C(=S)Oc2ccc(C(C)(C)C#N)cc2)c1)CN(C)c1ccsc1. The van der Waals surface area contributed by atoms with Gasteiger partial charge in [0.2, 0.25) is 0 Å². The number of methoxy groups -OCH3 is 1. The molecule has 8 heteroatoms. The second-order valence-electron chi connectivity index (χ2n) is 8.72. The summed E-state index contributed by atoms with van der Waals surface area (Å²) in [5, 5.41) is 13.8. The van der Waals surface area contributed by atoms with Crippen LogP contribution in [0.25, 0.3) is 0 Å². The van der Waals surface area contributed by atoms with Gasteiger partial charge in [-0.15, -0.1) is 0 Å². The van der Waals surface area contributed by atoms with Gasteiger partial charge in [0.15, 0.2) is 0 Å². The number of hydrogen-bond acceptors (Lipinski definition) is 7. The molecule has 0 N–H and O–H groups in total. The smallest absolute Gasteiger partial charge is 0.269 e. The van der Waals surface area contributed by atoms with Crippen molar-refractivity contribution >= 4 is 40.1 Å². The van der Waals surface area contributed by atoms with E-state index in [9.17, 15) is 5.26 Å². The van der Waals surface area contributed by atoms with Gasteiger partial charge < -0.3 is 24.0 Å². The molecule has 0 aliphatic rings. The van der Waals surface area contributed by atoms with Crippen LogP contribution in [-0.4, -0.2) is 45.6 Å². The Morgan fingerprint density at radius 2 is 1.83 bits per heavy atom. The number of nitrogens with zero attached hydrogens (tertiary/aromatic N) is 3. The van der Waals surface area contributed by atoms with E-state index in [1.54, 1.807) is 23.3 Å². The third-order valence-corrected chi connectivity index (χ3v) is 6.76. The molecule has 0 radical (unpaired) electrons. The summed E-state index contributed by atoms with van der Waals surface area (Å²) >= 11 is 7.18. The van der Waals surface area contributed by atoms with Crippen LogP contribution < -0.4 is 19.3 Å². The number of benzene rings is 2. The molecule has 1 atom stereocenters. The fourth-order valence-corrected chi connectivity index (χ4v) is 4.23. The van der Waals surface area contributed by atoms with Crippen LogP contribution in [0.3, 0.4) is 0 Å². The third-order valence-electron chi connectivity index (χ3n) is 5.73. The molecule has 6 nitrogen and oxygen atoms in total. The Bertz CT molecular complexity index is 1140. The predicted molar refractivity (Wildman–Crippen MR) is 147 cm³/mol. The number of ether oxygens (including phenoxy) is 3. The molecule has 0 aliphatic carbocycles. The second-order valence-corrected chi connectivity index (χ2v) is 9.85. The van der Waals surface area contributed by atoms with Crippen LogP contribution in [0.15, 0.2) is 65.4 Å². The summed E-state index contributed by atoms with van der Waals surface area (Å²) in [6.07, 6.45) is -0.0836. The maximum Gasteiger partial charge on any atom is 0.269 e. The standard InChI is InChI=1S/C27H31N3O3S2/c1-27(2,19-28)20-9-11-23(12-10-20)33-26(34)30(4)21-7-6-8-24(15-21)32-17-25(31-5)16-29(3)22-13-14-35-18-22/h6-15,18,25H,16-17H2,1-5H3. The quantitative estimate of drug-likeness (QED) is 0.316. The summed E-state index contributed by atoms with van der Waals surface area (Å²) in [5.41, 5.74) is 2.38. The molecule has 184 valence electrons. The van der Waals surface area contributed by atoms with E-state index in [-0.39, 0.29) is 6.10 Å². The number of rotatable bonds is 10. The molecular weight excluding hydrogens is 478 g/mol. The lowest BCUT2D eigenvalue weighted by Gasteiger charge is -2.24. The first-order valence-electron chi connectivity index (χ1n) is 11.2. The summed E-state index contributed by atoms with van der Waals surface area (Å²) in [5.74, 6) is 1.34. The molecule has 1 aromatic heterocycles. The number of anilines is 2. The number of thiophene rings is 1. The largest absolute Gasteiger partial charge is 0.491 e. The zero-order valence-corrected chi connectivity index (χ0v) is 22.4. The number of hydrogen-bond donors (Lipinski definition) is 0. The Labute approximate surface area is 217 Å². The zero-order valence-electron chi connectivity index (χ0n) is 20.7. The minimum absolute atomic E-state index is 0.0836. The lowest BCUT2D eigenvalue weighted by molar-refractivity contribution is 0.0636. The molecule has 0 saturated heterocycles. The Kier molecular flexibility index (Phi) is 9.10. The van der Waals surface area contributed by atoms with E-state index < -0.39 is 5.41 Å². The molecule has 3 rings (SSSR count). The highest BCUT2D eigenvalue weighted by molar-refractivity contribution is 7.80. The lowest BCUT2D eigenvalue weighted by atomic mass is 9.86. The molecule has 35 heavy (non-hydrogen) atoms. The van der Waals surface area contributed by atoms with Crippen molar-refractivity contribution in [3.63, 3.8) is 0 Å². The van der Waals surface area contributed by atoms with Crippen molar-refractivity contribution in [2.45, 2.75) is 25.4 Å². The van der Waals surface area contributed by atoms with E-state index in [2.05, 4.69) is 27.8 Å². The van der Waals surface area contributed by atoms with Crippen molar-refractivity contribution in [2.24, 2.45) is 0 Å². The first kappa shape index (κ1) is 26.5. The summed E-state index contributed by atoms with van der Waals surface area (Å²) in [6.45, 7) is 4.90. The van der Waals surface area contributed by atoms with Gasteiger partial charge in [0.05, 0.1) is 11.5 Å². The van der Waals surface area contributed by atoms with Crippen molar-refractivity contribution in [3.8, 4) is 17.6 Å². The summed E-state index contributed by atoms with van der Waals surface area (Å²) in [7, 11) is 5.59. The molecule has 0 saturated carbocycles. The molecule has 2 aromatic carbocycles. The Morgan fingerprint density at radius 1 is 1.09 bits per heavy atom. The van der Waals surface area contributed by atoms with E-state index in [1.165, 1.54) is 0 Å². The second kappa shape index (κ2) is 12.0. The van der Waals surface area contributed by atoms with Gasteiger partial charge in [-0.05, 0) is 67.3 Å². The van der Waals surface area contributed by atoms with Crippen molar-refractivity contribution in [3.05, 3.63) is 70.9 Å². The van der Waals surface area contributed by atoms with Crippen LogP contribution in [0, 0.1) is 11.3 Å².